The predicted molar refractivity (Wildman–Crippen MR) is 132 cm³/mol. The Kier molecular flexibility index (Phi) is 14.7. The zero-order valence-electron chi connectivity index (χ0n) is 21.3. The molecule has 14 heteroatoms. The normalized spacial score (nSPS) is 14.3. The van der Waals surface area contributed by atoms with Crippen LogP contribution in [0.1, 0.15) is 59.8 Å². The van der Waals surface area contributed by atoms with Crippen molar-refractivity contribution in [3.05, 3.63) is 0 Å². The largest absolute Gasteiger partial charge is 0.481 e. The van der Waals surface area contributed by atoms with Crippen molar-refractivity contribution in [1.82, 2.24) is 16.0 Å². The summed E-state index contributed by atoms with van der Waals surface area (Å²) in [4.78, 5) is 64.7. The van der Waals surface area contributed by atoms with Gasteiger partial charge >= 0.3 is 11.9 Å². The highest BCUT2D eigenvalue weighted by Gasteiger charge is 2.31. The number of guanidine groups is 1. The van der Waals surface area contributed by atoms with E-state index in [0.717, 1.165) is 0 Å². The molecule has 36 heavy (non-hydrogen) atoms. The Morgan fingerprint density at radius 3 is 1.86 bits per heavy atom. The van der Waals surface area contributed by atoms with E-state index >= 15 is 0 Å². The van der Waals surface area contributed by atoms with E-state index < -0.39 is 66.2 Å². The van der Waals surface area contributed by atoms with Gasteiger partial charge in [-0.15, -0.1) is 0 Å². The van der Waals surface area contributed by atoms with Crippen LogP contribution in [0.25, 0.3) is 0 Å². The topological polar surface area (TPSA) is 252 Å². The van der Waals surface area contributed by atoms with Crippen molar-refractivity contribution < 1.29 is 34.2 Å². The number of aliphatic carboxylic acids is 2. The summed E-state index contributed by atoms with van der Waals surface area (Å²) < 4.78 is 0. The average molecular weight is 516 g/mol. The molecule has 0 aromatic heterocycles. The van der Waals surface area contributed by atoms with Gasteiger partial charge in [-0.05, 0) is 37.5 Å². The summed E-state index contributed by atoms with van der Waals surface area (Å²) >= 11 is 0. The lowest BCUT2D eigenvalue weighted by Crippen LogP contribution is -2.57. The molecule has 0 saturated heterocycles. The maximum absolute atomic E-state index is 13.0. The number of carbonyl (C=O) groups is 5. The van der Waals surface area contributed by atoms with Crippen molar-refractivity contribution in [3.8, 4) is 0 Å². The fraction of sp³-hybridized carbons (Fsp3) is 0.727. The highest BCUT2D eigenvalue weighted by atomic mass is 16.4. The second-order valence-electron chi connectivity index (χ2n) is 9.31. The van der Waals surface area contributed by atoms with Gasteiger partial charge < -0.3 is 43.4 Å². The number of hydrogen-bond acceptors (Lipinski definition) is 7. The first-order chi connectivity index (χ1) is 16.6. The molecule has 206 valence electrons. The molecule has 0 radical (unpaired) electrons. The molecule has 0 aliphatic heterocycles. The van der Waals surface area contributed by atoms with Gasteiger partial charge in [-0.3, -0.25) is 24.2 Å². The van der Waals surface area contributed by atoms with Crippen LogP contribution in [0.5, 0.6) is 0 Å². The molecule has 0 heterocycles. The zero-order valence-corrected chi connectivity index (χ0v) is 21.3. The van der Waals surface area contributed by atoms with E-state index in [2.05, 4.69) is 20.9 Å². The number of amides is 3. The standard InChI is InChI=1S/C22H41N7O7/c1-11(2)10-15(20(34)29-17(12(3)4)21(35)36)28-19(33)14(7-8-16(30)31)27-18(32)13(23)6-5-9-26-22(24)25/h11-15,17H,5-10,23H2,1-4H3,(H,27,32)(H,28,33)(H,29,34)(H,30,31)(H,35,36)(H4,24,25,26). The average Bonchev–Trinajstić information content (AvgIpc) is 2.75. The second-order valence-corrected chi connectivity index (χ2v) is 9.31. The van der Waals surface area contributed by atoms with Gasteiger partial charge in [0.2, 0.25) is 17.7 Å². The molecular formula is C22H41N7O7. The summed E-state index contributed by atoms with van der Waals surface area (Å²) in [5.74, 6) is -5.10. The minimum atomic E-state index is -1.28. The Labute approximate surface area is 210 Å². The van der Waals surface area contributed by atoms with Crippen LogP contribution in [-0.2, 0) is 24.0 Å². The number of hydrogen-bond donors (Lipinski definition) is 8. The predicted octanol–water partition coefficient (Wildman–Crippen LogP) is -1.53. The third-order valence-corrected chi connectivity index (χ3v) is 5.15. The number of carboxylic acids is 2. The summed E-state index contributed by atoms with van der Waals surface area (Å²) in [5, 5.41) is 25.8. The molecule has 0 spiro atoms. The lowest BCUT2D eigenvalue weighted by Gasteiger charge is -2.26. The van der Waals surface area contributed by atoms with Gasteiger partial charge in [0.1, 0.15) is 18.1 Å². The van der Waals surface area contributed by atoms with E-state index in [1.54, 1.807) is 13.8 Å². The Bertz CT molecular complexity index is 798. The van der Waals surface area contributed by atoms with Crippen LogP contribution >= 0.6 is 0 Å². The maximum atomic E-state index is 13.0. The van der Waals surface area contributed by atoms with Gasteiger partial charge in [0.05, 0.1) is 6.04 Å². The van der Waals surface area contributed by atoms with Gasteiger partial charge in [-0.1, -0.05) is 27.7 Å². The van der Waals surface area contributed by atoms with Gasteiger partial charge in [0, 0.05) is 13.0 Å². The lowest BCUT2D eigenvalue weighted by molar-refractivity contribution is -0.143. The van der Waals surface area contributed by atoms with E-state index in [4.69, 9.17) is 22.3 Å². The van der Waals surface area contributed by atoms with E-state index in [-0.39, 0.29) is 37.7 Å². The fourth-order valence-corrected chi connectivity index (χ4v) is 3.21. The van der Waals surface area contributed by atoms with Crippen molar-refractivity contribution in [2.24, 2.45) is 34.0 Å². The molecule has 4 unspecified atom stereocenters. The van der Waals surface area contributed by atoms with E-state index in [0.29, 0.717) is 6.42 Å². The number of nitrogens with zero attached hydrogens (tertiary/aromatic N) is 1. The first kappa shape index (κ1) is 32.6. The summed E-state index contributed by atoms with van der Waals surface area (Å²) in [5.41, 5.74) is 16.4. The maximum Gasteiger partial charge on any atom is 0.326 e. The molecule has 0 fully saturated rings. The third-order valence-electron chi connectivity index (χ3n) is 5.15. The molecular weight excluding hydrogens is 474 g/mol. The van der Waals surface area contributed by atoms with Gasteiger partial charge in [0.15, 0.2) is 5.96 Å². The van der Waals surface area contributed by atoms with E-state index in [9.17, 15) is 29.1 Å². The first-order valence-electron chi connectivity index (χ1n) is 11.8. The number of aliphatic imine (C=N–C) groups is 1. The van der Waals surface area contributed by atoms with E-state index in [1.165, 1.54) is 0 Å². The molecule has 11 N–H and O–H groups in total. The minimum absolute atomic E-state index is 0.0472. The molecule has 3 amide bonds. The van der Waals surface area contributed by atoms with Gasteiger partial charge in [-0.2, -0.15) is 0 Å². The van der Waals surface area contributed by atoms with Crippen LogP contribution in [0.4, 0.5) is 0 Å². The number of nitrogens with one attached hydrogen (secondary N) is 3. The van der Waals surface area contributed by atoms with Crippen LogP contribution in [0.3, 0.4) is 0 Å². The van der Waals surface area contributed by atoms with E-state index in [1.807, 2.05) is 13.8 Å². The van der Waals surface area contributed by atoms with Crippen LogP contribution in [-0.4, -0.2) is 76.5 Å². The molecule has 4 atom stereocenters. The number of rotatable bonds is 17. The summed E-state index contributed by atoms with van der Waals surface area (Å²) in [7, 11) is 0. The molecule has 0 aliphatic rings. The zero-order chi connectivity index (χ0) is 28.0. The van der Waals surface area contributed by atoms with Crippen molar-refractivity contribution in [1.29, 1.82) is 0 Å². The summed E-state index contributed by atoms with van der Waals surface area (Å²) in [6.07, 6.45) is 0.128. The molecule has 0 saturated carbocycles. The quantitative estimate of drug-likeness (QED) is 0.0630. The van der Waals surface area contributed by atoms with Crippen molar-refractivity contribution >= 4 is 35.6 Å². The molecule has 0 rings (SSSR count). The summed E-state index contributed by atoms with van der Waals surface area (Å²) in [6, 6.07) is -4.55. The van der Waals surface area contributed by atoms with Gasteiger partial charge in [0.25, 0.3) is 0 Å². The molecule has 0 bridgehead atoms. The summed E-state index contributed by atoms with van der Waals surface area (Å²) in [6.45, 7) is 7.15. The molecule has 14 nitrogen and oxygen atoms in total. The highest BCUT2D eigenvalue weighted by molar-refractivity contribution is 5.94. The second kappa shape index (κ2) is 16.3. The van der Waals surface area contributed by atoms with Crippen LogP contribution in [0.2, 0.25) is 0 Å². The minimum Gasteiger partial charge on any atom is -0.481 e. The third kappa shape index (κ3) is 13.5. The molecule has 0 aromatic rings. The van der Waals surface area contributed by atoms with Crippen molar-refractivity contribution in [3.63, 3.8) is 0 Å². The first-order valence-corrected chi connectivity index (χ1v) is 11.8. The van der Waals surface area contributed by atoms with Crippen LogP contribution in [0.15, 0.2) is 4.99 Å². The smallest absolute Gasteiger partial charge is 0.326 e. The number of carboxylic acid groups (broad SMARTS) is 2. The van der Waals surface area contributed by atoms with Crippen LogP contribution in [0, 0.1) is 11.8 Å². The van der Waals surface area contributed by atoms with Crippen molar-refractivity contribution in [2.45, 2.75) is 84.0 Å². The lowest BCUT2D eigenvalue weighted by atomic mass is 9.99. The highest BCUT2D eigenvalue weighted by Crippen LogP contribution is 2.09. The fourth-order valence-electron chi connectivity index (χ4n) is 3.21. The van der Waals surface area contributed by atoms with Gasteiger partial charge in [-0.25, -0.2) is 4.79 Å². The Hall–Kier alpha value is -3.42. The van der Waals surface area contributed by atoms with Crippen LogP contribution < -0.4 is 33.2 Å². The number of nitrogens with two attached hydrogens (primary N) is 3. The SMILES string of the molecule is CC(C)CC(NC(=O)C(CCC(=O)O)NC(=O)C(N)CCCN=C(N)N)C(=O)NC(C(=O)O)C(C)C. The van der Waals surface area contributed by atoms with Crippen molar-refractivity contribution in [2.75, 3.05) is 6.54 Å². The molecule has 0 aromatic carbocycles. The Morgan fingerprint density at radius 1 is 0.833 bits per heavy atom. The number of carbonyl (C=O) groups excluding carboxylic acids is 3. The Balaban J connectivity index is 5.47. The monoisotopic (exact) mass is 515 g/mol. The molecule has 0 aliphatic carbocycles. The Morgan fingerprint density at radius 2 is 1.39 bits per heavy atom.